The summed E-state index contributed by atoms with van der Waals surface area (Å²) in [7, 11) is -3.41. The van der Waals surface area contributed by atoms with Crippen LogP contribution in [0, 0.1) is 6.92 Å². The Morgan fingerprint density at radius 1 is 1.39 bits per heavy atom. The molecule has 5 nitrogen and oxygen atoms in total. The zero-order valence-electron chi connectivity index (χ0n) is 10.2. The number of carbonyl (C=O) groups excluding carboxylic acids is 1. The van der Waals surface area contributed by atoms with E-state index in [4.69, 9.17) is 0 Å². The fourth-order valence-corrected chi connectivity index (χ4v) is 3.42. The van der Waals surface area contributed by atoms with E-state index in [0.717, 1.165) is 11.1 Å². The second-order valence-electron chi connectivity index (χ2n) is 4.43. The van der Waals surface area contributed by atoms with E-state index < -0.39 is 10.0 Å². The van der Waals surface area contributed by atoms with E-state index in [1.165, 1.54) is 4.31 Å². The van der Waals surface area contributed by atoms with Crippen LogP contribution < -0.4 is 5.32 Å². The van der Waals surface area contributed by atoms with Crippen LogP contribution in [0.4, 0.5) is 0 Å². The largest absolute Gasteiger partial charge is 0.354 e. The van der Waals surface area contributed by atoms with E-state index in [0.29, 0.717) is 13.1 Å². The van der Waals surface area contributed by atoms with Gasteiger partial charge < -0.3 is 5.32 Å². The topological polar surface area (TPSA) is 66.5 Å². The Balaban J connectivity index is 2.14. The summed E-state index contributed by atoms with van der Waals surface area (Å²) in [6, 6.07) is 7.39. The average molecular weight is 268 g/mol. The maximum Gasteiger partial charge on any atom is 0.235 e. The van der Waals surface area contributed by atoms with Crippen molar-refractivity contribution in [3.8, 4) is 0 Å². The van der Waals surface area contributed by atoms with Gasteiger partial charge in [-0.3, -0.25) is 4.79 Å². The van der Waals surface area contributed by atoms with Gasteiger partial charge in [-0.1, -0.05) is 29.8 Å². The molecule has 0 spiro atoms. The van der Waals surface area contributed by atoms with Gasteiger partial charge in [0.15, 0.2) is 0 Å². The SMILES string of the molecule is Cc1cccc(CS(=O)(=O)N2CCNC(=O)C2)c1. The molecule has 98 valence electrons. The van der Waals surface area contributed by atoms with Crippen LogP contribution in [0.15, 0.2) is 24.3 Å². The average Bonchev–Trinajstić information content (AvgIpc) is 2.28. The van der Waals surface area contributed by atoms with Crippen molar-refractivity contribution in [2.75, 3.05) is 19.6 Å². The highest BCUT2D eigenvalue weighted by atomic mass is 32.2. The summed E-state index contributed by atoms with van der Waals surface area (Å²) in [6.07, 6.45) is 0. The van der Waals surface area contributed by atoms with Crippen molar-refractivity contribution in [2.24, 2.45) is 0 Å². The monoisotopic (exact) mass is 268 g/mol. The minimum Gasteiger partial charge on any atom is -0.354 e. The Bertz CT molecular complexity index is 554. The van der Waals surface area contributed by atoms with E-state index in [-0.39, 0.29) is 18.2 Å². The van der Waals surface area contributed by atoms with Crippen LogP contribution >= 0.6 is 0 Å². The number of rotatable bonds is 3. The third-order valence-electron chi connectivity index (χ3n) is 2.83. The van der Waals surface area contributed by atoms with Crippen LogP contribution in [0.25, 0.3) is 0 Å². The molecule has 0 saturated carbocycles. The number of nitrogens with zero attached hydrogens (tertiary/aromatic N) is 1. The number of piperazine rings is 1. The van der Waals surface area contributed by atoms with Gasteiger partial charge >= 0.3 is 0 Å². The summed E-state index contributed by atoms with van der Waals surface area (Å²) in [6.45, 7) is 2.57. The predicted octanol–water partition coefficient (Wildman–Crippen LogP) is 0.257. The summed E-state index contributed by atoms with van der Waals surface area (Å²) in [5.41, 5.74) is 1.78. The smallest absolute Gasteiger partial charge is 0.235 e. The number of aryl methyl sites for hydroxylation is 1. The van der Waals surface area contributed by atoms with Gasteiger partial charge in [0.2, 0.25) is 15.9 Å². The Morgan fingerprint density at radius 3 is 2.83 bits per heavy atom. The zero-order chi connectivity index (χ0) is 13.2. The van der Waals surface area contributed by atoms with Crippen LogP contribution in [0.1, 0.15) is 11.1 Å². The molecule has 2 rings (SSSR count). The molecule has 0 aliphatic carbocycles. The predicted molar refractivity (Wildman–Crippen MR) is 68.4 cm³/mol. The number of carbonyl (C=O) groups is 1. The summed E-state index contributed by atoms with van der Waals surface area (Å²) < 4.78 is 25.6. The first-order chi connectivity index (χ1) is 8.47. The second kappa shape index (κ2) is 5.07. The zero-order valence-corrected chi connectivity index (χ0v) is 11.0. The fraction of sp³-hybridized carbons (Fsp3) is 0.417. The van der Waals surface area contributed by atoms with Crippen molar-refractivity contribution in [3.63, 3.8) is 0 Å². The lowest BCUT2D eigenvalue weighted by Gasteiger charge is -2.25. The van der Waals surface area contributed by atoms with Crippen molar-refractivity contribution in [3.05, 3.63) is 35.4 Å². The van der Waals surface area contributed by atoms with Gasteiger partial charge in [-0.15, -0.1) is 0 Å². The van der Waals surface area contributed by atoms with E-state index >= 15 is 0 Å². The highest BCUT2D eigenvalue weighted by molar-refractivity contribution is 7.88. The van der Waals surface area contributed by atoms with Gasteiger partial charge in [0.05, 0.1) is 12.3 Å². The van der Waals surface area contributed by atoms with Gasteiger partial charge in [0.1, 0.15) is 0 Å². The molecule has 6 heteroatoms. The molecule has 1 aliphatic heterocycles. The Labute approximate surface area is 107 Å². The molecule has 1 fully saturated rings. The van der Waals surface area contributed by atoms with Crippen molar-refractivity contribution in [1.29, 1.82) is 0 Å². The molecule has 1 aromatic carbocycles. The molecule has 0 atom stereocenters. The number of nitrogens with one attached hydrogen (secondary N) is 1. The fourth-order valence-electron chi connectivity index (χ4n) is 1.96. The summed E-state index contributed by atoms with van der Waals surface area (Å²) in [5, 5.41) is 2.61. The number of hydrogen-bond acceptors (Lipinski definition) is 3. The number of sulfonamides is 1. The molecular weight excluding hydrogens is 252 g/mol. The summed E-state index contributed by atoms with van der Waals surface area (Å²) in [5.74, 6) is -0.295. The van der Waals surface area contributed by atoms with Crippen LogP contribution in [0.5, 0.6) is 0 Å². The molecule has 1 amide bonds. The van der Waals surface area contributed by atoms with Crippen LogP contribution in [0.3, 0.4) is 0 Å². The maximum atomic E-state index is 12.2. The summed E-state index contributed by atoms with van der Waals surface area (Å²) >= 11 is 0. The molecule has 18 heavy (non-hydrogen) atoms. The quantitative estimate of drug-likeness (QED) is 0.855. The van der Waals surface area contributed by atoms with Gasteiger partial charge in [0.25, 0.3) is 0 Å². The lowest BCUT2D eigenvalue weighted by atomic mass is 10.2. The van der Waals surface area contributed by atoms with Gasteiger partial charge in [-0.05, 0) is 12.5 Å². The second-order valence-corrected chi connectivity index (χ2v) is 6.40. The van der Waals surface area contributed by atoms with Gasteiger partial charge in [-0.25, -0.2) is 8.42 Å². The molecule has 0 aromatic heterocycles. The van der Waals surface area contributed by atoms with Crippen molar-refractivity contribution in [1.82, 2.24) is 9.62 Å². The lowest BCUT2D eigenvalue weighted by molar-refractivity contribution is -0.122. The van der Waals surface area contributed by atoms with E-state index in [2.05, 4.69) is 5.32 Å². The first-order valence-electron chi connectivity index (χ1n) is 5.77. The first-order valence-corrected chi connectivity index (χ1v) is 7.38. The highest BCUT2D eigenvalue weighted by Gasteiger charge is 2.27. The first kappa shape index (κ1) is 13.0. The Kier molecular flexibility index (Phi) is 3.68. The molecular formula is C12H16N2O3S. The van der Waals surface area contributed by atoms with Crippen LogP contribution in [-0.2, 0) is 20.6 Å². The van der Waals surface area contributed by atoms with Crippen molar-refractivity contribution in [2.45, 2.75) is 12.7 Å². The minimum atomic E-state index is -3.41. The summed E-state index contributed by atoms with van der Waals surface area (Å²) in [4.78, 5) is 11.2. The Hall–Kier alpha value is -1.40. The normalized spacial score (nSPS) is 17.5. The van der Waals surface area contributed by atoms with E-state index in [1.54, 1.807) is 6.07 Å². The third kappa shape index (κ3) is 3.08. The van der Waals surface area contributed by atoms with Crippen LogP contribution in [0.2, 0.25) is 0 Å². The molecule has 1 aromatic rings. The molecule has 1 aliphatic rings. The van der Waals surface area contributed by atoms with Crippen LogP contribution in [-0.4, -0.2) is 38.3 Å². The maximum absolute atomic E-state index is 12.2. The molecule has 0 unspecified atom stereocenters. The van der Waals surface area contributed by atoms with E-state index in [1.807, 2.05) is 25.1 Å². The van der Waals surface area contributed by atoms with Crippen molar-refractivity contribution < 1.29 is 13.2 Å². The molecule has 1 N–H and O–H groups in total. The molecule has 1 heterocycles. The van der Waals surface area contributed by atoms with Crippen molar-refractivity contribution >= 4 is 15.9 Å². The minimum absolute atomic E-state index is 0.0536. The molecule has 0 radical (unpaired) electrons. The third-order valence-corrected chi connectivity index (χ3v) is 4.62. The standard InChI is InChI=1S/C12H16N2O3S/c1-10-3-2-4-11(7-10)9-18(16,17)14-6-5-13-12(15)8-14/h2-4,7H,5-6,8-9H2,1H3,(H,13,15). The van der Waals surface area contributed by atoms with Gasteiger partial charge in [0, 0.05) is 13.1 Å². The lowest BCUT2D eigenvalue weighted by Crippen LogP contribution is -2.50. The van der Waals surface area contributed by atoms with Gasteiger partial charge in [-0.2, -0.15) is 4.31 Å². The highest BCUT2D eigenvalue weighted by Crippen LogP contribution is 2.13. The molecule has 1 saturated heterocycles. The number of amides is 1. The molecule has 0 bridgehead atoms. The number of benzene rings is 1. The van der Waals surface area contributed by atoms with E-state index in [9.17, 15) is 13.2 Å². The number of hydrogen-bond donors (Lipinski definition) is 1. The Morgan fingerprint density at radius 2 is 2.17 bits per heavy atom.